The summed E-state index contributed by atoms with van der Waals surface area (Å²) in [7, 11) is 3.15. The third-order valence-electron chi connectivity index (χ3n) is 2.39. The minimum absolute atomic E-state index is 0.445. The van der Waals surface area contributed by atoms with E-state index in [4.69, 9.17) is 14.6 Å². The Hall–Kier alpha value is -1.75. The second-order valence-corrected chi connectivity index (χ2v) is 3.66. The van der Waals surface area contributed by atoms with Crippen LogP contribution in [0.4, 0.5) is 0 Å². The highest BCUT2D eigenvalue weighted by molar-refractivity contribution is 5.72. The average molecular weight is 239 g/mol. The van der Waals surface area contributed by atoms with E-state index in [1.807, 2.05) is 12.1 Å². The number of carboxylic acids is 1. The molecule has 0 spiro atoms. The van der Waals surface area contributed by atoms with E-state index in [2.05, 4.69) is 5.32 Å². The fraction of sp³-hybridized carbons (Fsp3) is 0.417. The fourth-order valence-electron chi connectivity index (χ4n) is 1.33. The summed E-state index contributed by atoms with van der Waals surface area (Å²) in [6.07, 6.45) is 0. The summed E-state index contributed by atoms with van der Waals surface area (Å²) in [6, 6.07) is 4.85. The Bertz CT molecular complexity index is 370. The number of carbonyl (C=O) groups is 1. The highest BCUT2D eigenvalue weighted by atomic mass is 16.5. The van der Waals surface area contributed by atoms with Gasteiger partial charge in [0.05, 0.1) is 14.2 Å². The van der Waals surface area contributed by atoms with E-state index in [-0.39, 0.29) is 0 Å². The number of methoxy groups -OCH3 is 2. The normalized spacial score (nSPS) is 11.9. The number of rotatable bonds is 6. The number of benzene rings is 1. The first-order valence-electron chi connectivity index (χ1n) is 5.25. The maximum Gasteiger partial charge on any atom is 0.320 e. The van der Waals surface area contributed by atoms with Gasteiger partial charge < -0.3 is 19.9 Å². The molecule has 1 atom stereocenters. The van der Waals surface area contributed by atoms with Crippen molar-refractivity contribution in [3.63, 3.8) is 0 Å². The van der Waals surface area contributed by atoms with Crippen LogP contribution in [0.3, 0.4) is 0 Å². The SMILES string of the molecule is COc1cc(CN[C@H](C)C(=O)O)cc(OC)c1. The van der Waals surface area contributed by atoms with E-state index in [0.717, 1.165) is 5.56 Å². The van der Waals surface area contributed by atoms with Gasteiger partial charge in [-0.05, 0) is 24.6 Å². The molecule has 0 aliphatic heterocycles. The van der Waals surface area contributed by atoms with Crippen LogP contribution in [0.2, 0.25) is 0 Å². The summed E-state index contributed by atoms with van der Waals surface area (Å²) in [5, 5.41) is 11.6. The Kier molecular flexibility index (Phi) is 4.78. The molecule has 5 heteroatoms. The van der Waals surface area contributed by atoms with Crippen molar-refractivity contribution < 1.29 is 19.4 Å². The Balaban J connectivity index is 2.73. The molecule has 0 saturated carbocycles. The van der Waals surface area contributed by atoms with Crippen LogP contribution in [-0.4, -0.2) is 31.3 Å². The summed E-state index contributed by atoms with van der Waals surface area (Å²) < 4.78 is 10.3. The molecule has 0 unspecified atom stereocenters. The maximum atomic E-state index is 10.7. The lowest BCUT2D eigenvalue weighted by atomic mass is 10.2. The predicted octanol–water partition coefficient (Wildman–Crippen LogP) is 1.27. The molecule has 0 heterocycles. The van der Waals surface area contributed by atoms with Gasteiger partial charge in [0.2, 0.25) is 0 Å². The standard InChI is InChI=1S/C12H17NO4/c1-8(12(14)15)13-7-9-4-10(16-2)6-11(5-9)17-3/h4-6,8,13H,7H2,1-3H3,(H,14,15)/t8-/m1/s1. The predicted molar refractivity (Wildman–Crippen MR) is 63.5 cm³/mol. The van der Waals surface area contributed by atoms with E-state index < -0.39 is 12.0 Å². The molecule has 1 rings (SSSR count). The van der Waals surface area contributed by atoms with Gasteiger partial charge >= 0.3 is 5.97 Å². The molecule has 94 valence electrons. The zero-order valence-electron chi connectivity index (χ0n) is 10.2. The Morgan fingerprint density at radius 1 is 1.29 bits per heavy atom. The monoisotopic (exact) mass is 239 g/mol. The van der Waals surface area contributed by atoms with Crippen LogP contribution in [0, 0.1) is 0 Å². The second kappa shape index (κ2) is 6.10. The van der Waals surface area contributed by atoms with Gasteiger partial charge in [0, 0.05) is 12.6 Å². The molecule has 1 aromatic carbocycles. The molecule has 1 aromatic rings. The van der Waals surface area contributed by atoms with Crippen LogP contribution in [0.1, 0.15) is 12.5 Å². The second-order valence-electron chi connectivity index (χ2n) is 3.66. The van der Waals surface area contributed by atoms with Gasteiger partial charge in [-0.2, -0.15) is 0 Å². The van der Waals surface area contributed by atoms with Crippen molar-refractivity contribution in [2.24, 2.45) is 0 Å². The third kappa shape index (κ3) is 3.96. The van der Waals surface area contributed by atoms with Gasteiger partial charge in [0.15, 0.2) is 0 Å². The summed E-state index contributed by atoms with van der Waals surface area (Å²) in [4.78, 5) is 10.7. The van der Waals surface area contributed by atoms with E-state index in [9.17, 15) is 4.79 Å². The van der Waals surface area contributed by atoms with Gasteiger partial charge in [-0.3, -0.25) is 4.79 Å². The number of hydrogen-bond acceptors (Lipinski definition) is 4. The zero-order valence-corrected chi connectivity index (χ0v) is 10.2. The van der Waals surface area contributed by atoms with Crippen LogP contribution < -0.4 is 14.8 Å². The van der Waals surface area contributed by atoms with Crippen LogP contribution in [0.15, 0.2) is 18.2 Å². The van der Waals surface area contributed by atoms with E-state index in [0.29, 0.717) is 18.0 Å². The largest absolute Gasteiger partial charge is 0.497 e. The maximum absolute atomic E-state index is 10.7. The molecule has 0 fully saturated rings. The van der Waals surface area contributed by atoms with Crippen LogP contribution in [0.5, 0.6) is 11.5 Å². The number of carboxylic acid groups (broad SMARTS) is 1. The quantitative estimate of drug-likeness (QED) is 0.782. The molecule has 0 aromatic heterocycles. The lowest BCUT2D eigenvalue weighted by Gasteiger charge is -2.11. The lowest BCUT2D eigenvalue weighted by molar-refractivity contribution is -0.139. The summed E-state index contributed by atoms with van der Waals surface area (Å²) >= 11 is 0. The molecule has 5 nitrogen and oxygen atoms in total. The van der Waals surface area contributed by atoms with Crippen LogP contribution in [0.25, 0.3) is 0 Å². The number of aliphatic carboxylic acids is 1. The van der Waals surface area contributed by atoms with Gasteiger partial charge in [-0.1, -0.05) is 0 Å². The molecular weight excluding hydrogens is 222 g/mol. The van der Waals surface area contributed by atoms with Crippen molar-refractivity contribution in [1.29, 1.82) is 0 Å². The van der Waals surface area contributed by atoms with Crippen LogP contribution in [-0.2, 0) is 11.3 Å². The van der Waals surface area contributed by atoms with Gasteiger partial charge in [-0.15, -0.1) is 0 Å². The van der Waals surface area contributed by atoms with Crippen molar-refractivity contribution in [3.05, 3.63) is 23.8 Å². The molecule has 0 aliphatic rings. The fourth-order valence-corrected chi connectivity index (χ4v) is 1.33. The Morgan fingerprint density at radius 2 is 1.82 bits per heavy atom. The van der Waals surface area contributed by atoms with E-state index >= 15 is 0 Å². The van der Waals surface area contributed by atoms with Crippen molar-refractivity contribution in [2.45, 2.75) is 19.5 Å². The van der Waals surface area contributed by atoms with Gasteiger partial charge in [-0.25, -0.2) is 0 Å². The molecule has 0 aliphatic carbocycles. The number of hydrogen-bond donors (Lipinski definition) is 2. The molecule has 0 saturated heterocycles. The minimum Gasteiger partial charge on any atom is -0.497 e. The first kappa shape index (κ1) is 13.3. The smallest absolute Gasteiger partial charge is 0.320 e. The minimum atomic E-state index is -0.875. The van der Waals surface area contributed by atoms with Crippen molar-refractivity contribution >= 4 is 5.97 Å². The molecule has 2 N–H and O–H groups in total. The number of nitrogens with one attached hydrogen (secondary N) is 1. The van der Waals surface area contributed by atoms with E-state index in [1.165, 1.54) is 0 Å². The molecule has 17 heavy (non-hydrogen) atoms. The van der Waals surface area contributed by atoms with Crippen molar-refractivity contribution in [3.8, 4) is 11.5 Å². The Morgan fingerprint density at radius 3 is 2.24 bits per heavy atom. The molecule has 0 amide bonds. The topological polar surface area (TPSA) is 67.8 Å². The molecule has 0 radical (unpaired) electrons. The third-order valence-corrected chi connectivity index (χ3v) is 2.39. The van der Waals surface area contributed by atoms with Crippen LogP contribution >= 0.6 is 0 Å². The lowest BCUT2D eigenvalue weighted by Crippen LogP contribution is -2.33. The highest BCUT2D eigenvalue weighted by Gasteiger charge is 2.10. The van der Waals surface area contributed by atoms with Crippen molar-refractivity contribution in [2.75, 3.05) is 14.2 Å². The molecule has 0 bridgehead atoms. The van der Waals surface area contributed by atoms with E-state index in [1.54, 1.807) is 27.2 Å². The molecular formula is C12H17NO4. The number of ether oxygens (including phenoxy) is 2. The van der Waals surface area contributed by atoms with Crippen molar-refractivity contribution in [1.82, 2.24) is 5.32 Å². The van der Waals surface area contributed by atoms with Gasteiger partial charge in [0.25, 0.3) is 0 Å². The van der Waals surface area contributed by atoms with Gasteiger partial charge in [0.1, 0.15) is 17.5 Å². The first-order chi connectivity index (χ1) is 8.06. The average Bonchev–Trinajstić information content (AvgIpc) is 2.35. The zero-order chi connectivity index (χ0) is 12.8. The summed E-state index contributed by atoms with van der Waals surface area (Å²) in [6.45, 7) is 2.04. The highest BCUT2D eigenvalue weighted by Crippen LogP contribution is 2.22. The Labute approximate surface area is 100 Å². The summed E-state index contributed by atoms with van der Waals surface area (Å²) in [5.41, 5.74) is 0.911. The summed E-state index contributed by atoms with van der Waals surface area (Å²) in [5.74, 6) is 0.494. The first-order valence-corrected chi connectivity index (χ1v) is 5.25.